The van der Waals surface area contributed by atoms with Crippen molar-refractivity contribution in [2.24, 2.45) is 0 Å². The largest absolute Gasteiger partial charge is 0.495 e. The van der Waals surface area contributed by atoms with Crippen molar-refractivity contribution < 1.29 is 41.9 Å². The van der Waals surface area contributed by atoms with Crippen LogP contribution in [0.25, 0.3) is 0 Å². The van der Waals surface area contributed by atoms with Gasteiger partial charge in [0.05, 0.1) is 28.3 Å². The van der Waals surface area contributed by atoms with Crippen LogP contribution in [0.2, 0.25) is 5.02 Å². The van der Waals surface area contributed by atoms with E-state index >= 15 is 0 Å². The molecule has 210 valence electrons. The van der Waals surface area contributed by atoms with E-state index in [4.69, 9.17) is 30.5 Å². The maximum Gasteiger partial charge on any atom is 0.338 e. The summed E-state index contributed by atoms with van der Waals surface area (Å²) in [6.45, 7) is 2.12. The van der Waals surface area contributed by atoms with Crippen LogP contribution in [-0.4, -0.2) is 51.6 Å². The molecule has 1 aliphatic heterocycles. The van der Waals surface area contributed by atoms with E-state index in [1.165, 1.54) is 26.2 Å². The summed E-state index contributed by atoms with van der Waals surface area (Å²) in [6.07, 6.45) is -1.26. The third-order valence-electron chi connectivity index (χ3n) is 5.56. The SMILES string of the molecule is COc1ccc([N+](=O)[O-])cc1NS(=O)(=O)c1cc(C(=O)O[C@H](C)C(=O)Nc2ccc3c(c2)OCCO3)ccc1Cl. The highest BCUT2D eigenvalue weighted by Gasteiger charge is 2.25. The molecular weight excluding hydrogens is 570 g/mol. The standard InChI is InChI=1S/C25H22ClN3O10S/c1-14(24(30)27-16-4-7-21-22(12-16)38-10-9-37-21)39-25(31)15-3-6-18(26)23(11-15)40(34,35)28-19-13-17(29(32)33)5-8-20(19)36-2/h3-8,11-14,28H,9-10H2,1-2H3,(H,27,30)/t14-/m1/s1. The summed E-state index contributed by atoms with van der Waals surface area (Å²) in [4.78, 5) is 35.3. The van der Waals surface area contributed by atoms with Gasteiger partial charge in [-0.1, -0.05) is 11.6 Å². The van der Waals surface area contributed by atoms with Gasteiger partial charge >= 0.3 is 5.97 Å². The predicted molar refractivity (Wildman–Crippen MR) is 143 cm³/mol. The van der Waals surface area contributed by atoms with E-state index in [1.54, 1.807) is 18.2 Å². The summed E-state index contributed by atoms with van der Waals surface area (Å²) in [5.41, 5.74) is -0.426. The monoisotopic (exact) mass is 591 g/mol. The second kappa shape index (κ2) is 11.7. The second-order valence-electron chi connectivity index (χ2n) is 8.29. The van der Waals surface area contributed by atoms with Crippen molar-refractivity contribution in [3.8, 4) is 17.2 Å². The second-order valence-corrected chi connectivity index (χ2v) is 10.3. The van der Waals surface area contributed by atoms with E-state index in [0.29, 0.717) is 30.4 Å². The highest BCUT2D eigenvalue weighted by molar-refractivity contribution is 7.92. The molecular formula is C25H22ClN3O10S. The number of sulfonamides is 1. The van der Waals surface area contributed by atoms with E-state index in [-0.39, 0.29) is 27.7 Å². The molecule has 0 bridgehead atoms. The number of carbonyl (C=O) groups is 2. The number of halogens is 1. The topological polar surface area (TPSA) is 172 Å². The average molecular weight is 592 g/mol. The smallest absolute Gasteiger partial charge is 0.338 e. The lowest BCUT2D eigenvalue weighted by Gasteiger charge is -2.19. The predicted octanol–water partition coefficient (Wildman–Crippen LogP) is 4.01. The van der Waals surface area contributed by atoms with Gasteiger partial charge in [-0.15, -0.1) is 0 Å². The Morgan fingerprint density at radius 1 is 1.05 bits per heavy atom. The lowest BCUT2D eigenvalue weighted by molar-refractivity contribution is -0.384. The molecule has 40 heavy (non-hydrogen) atoms. The molecule has 1 atom stereocenters. The van der Waals surface area contributed by atoms with Crippen LogP contribution < -0.4 is 24.2 Å². The lowest BCUT2D eigenvalue weighted by atomic mass is 10.2. The fourth-order valence-electron chi connectivity index (χ4n) is 3.57. The summed E-state index contributed by atoms with van der Waals surface area (Å²) in [5, 5.41) is 13.5. The van der Waals surface area contributed by atoms with Crippen LogP contribution in [0.4, 0.5) is 17.1 Å². The Kier molecular flexibility index (Phi) is 8.30. The number of benzene rings is 3. The van der Waals surface area contributed by atoms with Crippen LogP contribution in [0.15, 0.2) is 59.5 Å². The molecule has 0 aliphatic carbocycles. The molecule has 1 aliphatic rings. The first-order valence-corrected chi connectivity index (χ1v) is 13.4. The van der Waals surface area contributed by atoms with Crippen molar-refractivity contribution in [1.29, 1.82) is 0 Å². The third kappa shape index (κ3) is 6.35. The number of carbonyl (C=O) groups excluding carboxylic acids is 2. The first-order chi connectivity index (χ1) is 19.0. The number of anilines is 2. The summed E-state index contributed by atoms with van der Waals surface area (Å²) in [7, 11) is -3.20. The zero-order chi connectivity index (χ0) is 29.0. The molecule has 0 spiro atoms. The van der Waals surface area contributed by atoms with Crippen LogP contribution in [-0.2, 0) is 19.6 Å². The van der Waals surface area contributed by atoms with Gasteiger partial charge in [-0.3, -0.25) is 19.6 Å². The number of esters is 1. The fourth-order valence-corrected chi connectivity index (χ4v) is 5.16. The van der Waals surface area contributed by atoms with E-state index < -0.39 is 37.8 Å². The molecule has 0 unspecified atom stereocenters. The number of nitrogens with zero attached hydrogens (tertiary/aromatic N) is 1. The normalized spacial score (nSPS) is 13.1. The molecule has 3 aromatic rings. The molecule has 0 fully saturated rings. The fraction of sp³-hybridized carbons (Fsp3) is 0.200. The van der Waals surface area contributed by atoms with Crippen molar-refractivity contribution in [1.82, 2.24) is 0 Å². The average Bonchev–Trinajstić information content (AvgIpc) is 2.92. The van der Waals surface area contributed by atoms with Crippen molar-refractivity contribution in [3.63, 3.8) is 0 Å². The van der Waals surface area contributed by atoms with E-state index in [9.17, 15) is 28.1 Å². The maximum absolute atomic E-state index is 13.1. The highest BCUT2D eigenvalue weighted by Crippen LogP contribution is 2.34. The zero-order valence-electron chi connectivity index (χ0n) is 21.0. The highest BCUT2D eigenvalue weighted by atomic mass is 35.5. The lowest BCUT2D eigenvalue weighted by Crippen LogP contribution is -2.30. The number of amides is 1. The van der Waals surface area contributed by atoms with Gasteiger partial charge in [0.1, 0.15) is 23.9 Å². The van der Waals surface area contributed by atoms with Gasteiger partial charge in [0, 0.05) is 23.9 Å². The minimum absolute atomic E-state index is 0.0127. The van der Waals surface area contributed by atoms with Gasteiger partial charge in [-0.05, 0) is 43.3 Å². The number of hydrogen-bond acceptors (Lipinski definition) is 10. The van der Waals surface area contributed by atoms with Crippen molar-refractivity contribution in [3.05, 3.63) is 75.3 Å². The van der Waals surface area contributed by atoms with Gasteiger partial charge in [0.2, 0.25) is 0 Å². The Morgan fingerprint density at radius 2 is 1.77 bits per heavy atom. The maximum atomic E-state index is 13.1. The molecule has 4 rings (SSSR count). The molecule has 3 aromatic carbocycles. The van der Waals surface area contributed by atoms with Crippen molar-refractivity contribution in [2.45, 2.75) is 17.9 Å². The minimum Gasteiger partial charge on any atom is -0.495 e. The molecule has 0 saturated heterocycles. The number of non-ortho nitro benzene ring substituents is 1. The summed E-state index contributed by atoms with van der Waals surface area (Å²) < 4.78 is 49.7. The van der Waals surface area contributed by atoms with Crippen LogP contribution in [0.5, 0.6) is 17.2 Å². The Bertz CT molecular complexity index is 1600. The number of ether oxygens (including phenoxy) is 4. The van der Waals surface area contributed by atoms with Gasteiger partial charge in [0.15, 0.2) is 17.6 Å². The van der Waals surface area contributed by atoms with Crippen LogP contribution in [0.1, 0.15) is 17.3 Å². The summed E-state index contributed by atoms with van der Waals surface area (Å²) in [6, 6.07) is 11.5. The molecule has 0 radical (unpaired) electrons. The molecule has 1 amide bonds. The molecule has 13 nitrogen and oxygen atoms in total. The quantitative estimate of drug-likeness (QED) is 0.210. The molecule has 0 aromatic heterocycles. The zero-order valence-corrected chi connectivity index (χ0v) is 22.6. The number of hydrogen-bond donors (Lipinski definition) is 2. The van der Waals surface area contributed by atoms with Crippen LogP contribution >= 0.6 is 11.6 Å². The van der Waals surface area contributed by atoms with E-state index in [1.807, 2.05) is 0 Å². The molecule has 1 heterocycles. The minimum atomic E-state index is -4.46. The van der Waals surface area contributed by atoms with E-state index in [2.05, 4.69) is 10.0 Å². The van der Waals surface area contributed by atoms with Crippen molar-refractivity contribution >= 4 is 50.6 Å². The van der Waals surface area contributed by atoms with Gasteiger partial charge < -0.3 is 24.3 Å². The Balaban J connectivity index is 1.49. The van der Waals surface area contributed by atoms with Gasteiger partial charge in [0.25, 0.3) is 21.6 Å². The number of rotatable bonds is 9. The molecule has 15 heteroatoms. The number of nitrogens with one attached hydrogen (secondary N) is 2. The summed E-state index contributed by atoms with van der Waals surface area (Å²) in [5.74, 6) is -0.633. The van der Waals surface area contributed by atoms with Crippen LogP contribution in [0, 0.1) is 10.1 Å². The Labute approximate surface area is 233 Å². The Morgan fingerprint density at radius 3 is 2.48 bits per heavy atom. The number of nitro groups is 1. The van der Waals surface area contributed by atoms with E-state index in [0.717, 1.165) is 24.3 Å². The van der Waals surface area contributed by atoms with Gasteiger partial charge in [-0.25, -0.2) is 13.2 Å². The molecule has 0 saturated carbocycles. The number of nitro benzene ring substituents is 1. The first-order valence-electron chi connectivity index (χ1n) is 11.5. The number of methoxy groups -OCH3 is 1. The first kappa shape index (κ1) is 28.4. The van der Waals surface area contributed by atoms with Gasteiger partial charge in [-0.2, -0.15) is 0 Å². The number of fused-ring (bicyclic) bond motifs is 1. The Hall–Kier alpha value is -4.56. The molecule has 2 N–H and O–H groups in total. The summed E-state index contributed by atoms with van der Waals surface area (Å²) >= 11 is 6.11. The van der Waals surface area contributed by atoms with Crippen LogP contribution in [0.3, 0.4) is 0 Å². The third-order valence-corrected chi connectivity index (χ3v) is 7.40. The van der Waals surface area contributed by atoms with Crippen molar-refractivity contribution in [2.75, 3.05) is 30.4 Å².